The maximum Gasteiger partial charge on any atom is 0.272 e. The number of fused-ring (bicyclic) bond motifs is 1. The maximum atomic E-state index is 14.0. The highest BCUT2D eigenvalue weighted by Crippen LogP contribution is 2.28. The third-order valence-electron chi connectivity index (χ3n) is 3.69. The highest BCUT2D eigenvalue weighted by Gasteiger charge is 2.20. The van der Waals surface area contributed by atoms with Crippen LogP contribution >= 0.6 is 11.3 Å². The highest BCUT2D eigenvalue weighted by atomic mass is 32.2. The van der Waals surface area contributed by atoms with E-state index in [9.17, 15) is 12.8 Å². The average Bonchev–Trinajstić information content (AvgIpc) is 3.19. The smallest absolute Gasteiger partial charge is 0.272 e. The Kier molecular flexibility index (Phi) is 4.46. The second-order valence-electron chi connectivity index (χ2n) is 5.55. The highest BCUT2D eigenvalue weighted by molar-refractivity contribution is 7.94. The first-order valence-electron chi connectivity index (χ1n) is 7.87. The summed E-state index contributed by atoms with van der Waals surface area (Å²) in [6.07, 6.45) is 0. The molecule has 0 aliphatic rings. The molecule has 0 saturated heterocycles. The van der Waals surface area contributed by atoms with Crippen molar-refractivity contribution in [2.45, 2.75) is 4.21 Å². The lowest BCUT2D eigenvalue weighted by atomic mass is 10.3. The Hall–Kier alpha value is -3.04. The molecule has 27 heavy (non-hydrogen) atoms. The Morgan fingerprint density at radius 2 is 1.52 bits per heavy atom. The molecule has 6 nitrogen and oxygen atoms in total. The lowest BCUT2D eigenvalue weighted by molar-refractivity contribution is 0.603. The number of para-hydroxylation sites is 3. The molecule has 0 amide bonds. The molecular formula is C18H13FN4O2S2. The van der Waals surface area contributed by atoms with Gasteiger partial charge in [0, 0.05) is 0 Å². The van der Waals surface area contributed by atoms with Crippen LogP contribution in [0.3, 0.4) is 0 Å². The second kappa shape index (κ2) is 6.93. The van der Waals surface area contributed by atoms with Crippen LogP contribution in [0.5, 0.6) is 0 Å². The van der Waals surface area contributed by atoms with Crippen molar-refractivity contribution in [2.24, 2.45) is 0 Å². The van der Waals surface area contributed by atoms with E-state index in [-0.39, 0.29) is 21.5 Å². The summed E-state index contributed by atoms with van der Waals surface area (Å²) in [6, 6.07) is 16.2. The van der Waals surface area contributed by atoms with Crippen molar-refractivity contribution in [3.05, 3.63) is 71.9 Å². The van der Waals surface area contributed by atoms with E-state index in [2.05, 4.69) is 20.0 Å². The van der Waals surface area contributed by atoms with Crippen LogP contribution in [0.25, 0.3) is 11.0 Å². The van der Waals surface area contributed by atoms with E-state index in [0.717, 1.165) is 11.3 Å². The molecule has 2 N–H and O–H groups in total. The summed E-state index contributed by atoms with van der Waals surface area (Å²) in [5.41, 5.74) is 1.23. The molecule has 4 rings (SSSR count). The van der Waals surface area contributed by atoms with E-state index in [0.29, 0.717) is 11.0 Å². The topological polar surface area (TPSA) is 84.0 Å². The number of sulfonamides is 1. The molecule has 2 heterocycles. The van der Waals surface area contributed by atoms with Gasteiger partial charge in [-0.2, -0.15) is 0 Å². The Labute approximate surface area is 158 Å². The molecule has 2 aromatic heterocycles. The molecular weight excluding hydrogens is 387 g/mol. The Morgan fingerprint density at radius 1 is 0.852 bits per heavy atom. The summed E-state index contributed by atoms with van der Waals surface area (Å²) in [6.45, 7) is 0. The van der Waals surface area contributed by atoms with Crippen molar-refractivity contribution >= 4 is 49.7 Å². The van der Waals surface area contributed by atoms with Gasteiger partial charge in [0.25, 0.3) is 10.0 Å². The summed E-state index contributed by atoms with van der Waals surface area (Å²) in [7, 11) is -3.83. The number of nitrogens with one attached hydrogen (secondary N) is 2. The van der Waals surface area contributed by atoms with E-state index in [1.54, 1.807) is 47.8 Å². The molecule has 0 atom stereocenters. The SMILES string of the molecule is O=S(=O)(Nc1nc2ccccc2nc1Nc1ccccc1F)c1cccs1. The van der Waals surface area contributed by atoms with Crippen LogP contribution in [-0.2, 0) is 10.0 Å². The zero-order valence-corrected chi connectivity index (χ0v) is 15.4. The first kappa shape index (κ1) is 17.4. The van der Waals surface area contributed by atoms with E-state index < -0.39 is 15.8 Å². The fraction of sp³-hybridized carbons (Fsp3) is 0. The number of thiophene rings is 1. The third kappa shape index (κ3) is 3.60. The van der Waals surface area contributed by atoms with Crippen LogP contribution in [0.2, 0.25) is 0 Å². The zero-order valence-electron chi connectivity index (χ0n) is 13.8. The monoisotopic (exact) mass is 400 g/mol. The summed E-state index contributed by atoms with van der Waals surface area (Å²) < 4.78 is 41.8. The van der Waals surface area contributed by atoms with E-state index in [1.165, 1.54) is 18.2 Å². The molecule has 136 valence electrons. The van der Waals surface area contributed by atoms with Crippen molar-refractivity contribution in [3.63, 3.8) is 0 Å². The minimum absolute atomic E-state index is 0.00893. The van der Waals surface area contributed by atoms with Crippen LogP contribution in [0, 0.1) is 5.82 Å². The predicted octanol–water partition coefficient (Wildman–Crippen LogP) is 4.37. The molecule has 4 aromatic rings. The molecule has 0 unspecified atom stereocenters. The number of hydrogen-bond donors (Lipinski definition) is 2. The Morgan fingerprint density at radius 3 is 2.19 bits per heavy atom. The molecule has 0 aliphatic carbocycles. The van der Waals surface area contributed by atoms with Gasteiger partial charge in [-0.15, -0.1) is 11.3 Å². The second-order valence-corrected chi connectivity index (χ2v) is 8.41. The van der Waals surface area contributed by atoms with Crippen LogP contribution in [0.15, 0.2) is 70.3 Å². The van der Waals surface area contributed by atoms with Gasteiger partial charge >= 0.3 is 0 Å². The molecule has 2 aromatic carbocycles. The molecule has 0 radical (unpaired) electrons. The standard InChI is InChI=1S/C18H13FN4O2S2/c19-12-6-1-2-7-13(12)20-17-18(22-15-9-4-3-8-14(15)21-17)23-27(24,25)16-10-5-11-26-16/h1-11H,(H,20,21)(H,22,23). The first-order valence-corrected chi connectivity index (χ1v) is 10.2. The van der Waals surface area contributed by atoms with E-state index in [1.807, 2.05) is 0 Å². The number of anilines is 3. The van der Waals surface area contributed by atoms with Crippen LogP contribution < -0.4 is 10.0 Å². The summed E-state index contributed by atoms with van der Waals surface area (Å²) >= 11 is 1.09. The van der Waals surface area contributed by atoms with Gasteiger partial charge in [-0.25, -0.2) is 22.8 Å². The summed E-state index contributed by atoms with van der Waals surface area (Å²) in [5.74, 6) is -0.385. The van der Waals surface area contributed by atoms with Crippen molar-refractivity contribution < 1.29 is 12.8 Å². The predicted molar refractivity (Wildman–Crippen MR) is 104 cm³/mol. The number of hydrogen-bond acceptors (Lipinski definition) is 6. The van der Waals surface area contributed by atoms with Crippen LogP contribution in [-0.4, -0.2) is 18.4 Å². The molecule has 9 heteroatoms. The average molecular weight is 400 g/mol. The minimum Gasteiger partial charge on any atom is -0.335 e. The van der Waals surface area contributed by atoms with Crippen molar-refractivity contribution in [1.82, 2.24) is 9.97 Å². The van der Waals surface area contributed by atoms with Crippen molar-refractivity contribution in [2.75, 3.05) is 10.0 Å². The summed E-state index contributed by atoms with van der Waals surface area (Å²) in [4.78, 5) is 8.78. The van der Waals surface area contributed by atoms with Crippen LogP contribution in [0.4, 0.5) is 21.7 Å². The van der Waals surface area contributed by atoms with Gasteiger partial charge in [0.2, 0.25) is 0 Å². The van der Waals surface area contributed by atoms with Crippen molar-refractivity contribution in [3.8, 4) is 0 Å². The van der Waals surface area contributed by atoms with Gasteiger partial charge in [0.05, 0.1) is 16.7 Å². The number of benzene rings is 2. The van der Waals surface area contributed by atoms with E-state index in [4.69, 9.17) is 0 Å². The molecule has 0 spiro atoms. The number of aromatic nitrogens is 2. The minimum atomic E-state index is -3.83. The normalized spacial score (nSPS) is 11.4. The van der Waals surface area contributed by atoms with Gasteiger partial charge in [0.15, 0.2) is 11.6 Å². The molecule has 0 bridgehead atoms. The van der Waals surface area contributed by atoms with Gasteiger partial charge in [-0.05, 0) is 35.7 Å². The lowest BCUT2D eigenvalue weighted by Crippen LogP contribution is -2.15. The maximum absolute atomic E-state index is 14.0. The molecule has 0 fully saturated rings. The quantitative estimate of drug-likeness (QED) is 0.520. The largest absolute Gasteiger partial charge is 0.335 e. The van der Waals surface area contributed by atoms with Gasteiger partial charge in [0.1, 0.15) is 10.0 Å². The third-order valence-corrected chi connectivity index (χ3v) is 6.42. The molecule has 0 saturated carbocycles. The fourth-order valence-electron chi connectivity index (χ4n) is 2.44. The number of rotatable bonds is 5. The van der Waals surface area contributed by atoms with Gasteiger partial charge < -0.3 is 5.32 Å². The summed E-state index contributed by atoms with van der Waals surface area (Å²) in [5, 5.41) is 4.49. The van der Waals surface area contributed by atoms with Gasteiger partial charge in [-0.1, -0.05) is 30.3 Å². The zero-order chi connectivity index (χ0) is 18.9. The molecule has 0 aliphatic heterocycles. The Bertz CT molecular complexity index is 1210. The number of halogens is 1. The van der Waals surface area contributed by atoms with Crippen molar-refractivity contribution in [1.29, 1.82) is 0 Å². The first-order chi connectivity index (χ1) is 13.0. The van der Waals surface area contributed by atoms with E-state index >= 15 is 0 Å². The lowest BCUT2D eigenvalue weighted by Gasteiger charge is -2.13. The Balaban J connectivity index is 1.81. The van der Waals surface area contributed by atoms with Crippen LogP contribution in [0.1, 0.15) is 0 Å². The van der Waals surface area contributed by atoms with Gasteiger partial charge in [-0.3, -0.25) is 4.72 Å². The fourth-order valence-corrected chi connectivity index (χ4v) is 4.44. The number of nitrogens with zero attached hydrogens (tertiary/aromatic N) is 2.